The minimum atomic E-state index is 0.360. The van der Waals surface area contributed by atoms with Crippen LogP contribution in [0, 0.1) is 0 Å². The first-order valence-corrected chi connectivity index (χ1v) is 5.89. The molecule has 0 aliphatic heterocycles. The van der Waals surface area contributed by atoms with Crippen molar-refractivity contribution in [3.05, 3.63) is 42.2 Å². The van der Waals surface area contributed by atoms with Crippen LogP contribution in [0.3, 0.4) is 0 Å². The molecule has 2 rings (SSSR count). The van der Waals surface area contributed by atoms with Crippen LogP contribution in [0.2, 0.25) is 0 Å². The third-order valence-electron chi connectivity index (χ3n) is 2.87. The van der Waals surface area contributed by atoms with Gasteiger partial charge in [0.05, 0.1) is 0 Å². The highest BCUT2D eigenvalue weighted by Crippen LogP contribution is 2.22. The van der Waals surface area contributed by atoms with Gasteiger partial charge in [-0.05, 0) is 30.8 Å². The molecule has 16 heavy (non-hydrogen) atoms. The molecule has 0 aliphatic carbocycles. The van der Waals surface area contributed by atoms with Crippen LogP contribution < -0.4 is 5.32 Å². The van der Waals surface area contributed by atoms with Crippen LogP contribution in [0.25, 0.3) is 10.8 Å². The molecule has 0 radical (unpaired) electrons. The fourth-order valence-electron chi connectivity index (χ4n) is 1.96. The number of pyridine rings is 1. The Morgan fingerprint density at radius 3 is 2.88 bits per heavy atom. The van der Waals surface area contributed by atoms with Gasteiger partial charge in [-0.3, -0.25) is 4.98 Å². The number of hydrogen-bond acceptors (Lipinski definition) is 2. The van der Waals surface area contributed by atoms with Crippen molar-refractivity contribution in [1.29, 1.82) is 0 Å². The number of hydrogen-bond donors (Lipinski definition) is 1. The van der Waals surface area contributed by atoms with Crippen LogP contribution in [0.1, 0.15) is 31.9 Å². The summed E-state index contributed by atoms with van der Waals surface area (Å²) in [4.78, 5) is 4.30. The summed E-state index contributed by atoms with van der Waals surface area (Å²) in [6, 6.07) is 8.77. The molecule has 84 valence electrons. The van der Waals surface area contributed by atoms with E-state index < -0.39 is 0 Å². The second kappa shape index (κ2) is 5.08. The third-order valence-corrected chi connectivity index (χ3v) is 2.87. The Kier molecular flexibility index (Phi) is 3.52. The van der Waals surface area contributed by atoms with Crippen molar-refractivity contribution in [1.82, 2.24) is 10.3 Å². The Balaban J connectivity index is 2.36. The van der Waals surface area contributed by atoms with Crippen LogP contribution in [-0.2, 0) is 0 Å². The molecule has 1 N–H and O–H groups in total. The topological polar surface area (TPSA) is 24.9 Å². The van der Waals surface area contributed by atoms with Crippen molar-refractivity contribution in [3.63, 3.8) is 0 Å². The van der Waals surface area contributed by atoms with Crippen molar-refractivity contribution in [2.24, 2.45) is 0 Å². The molecule has 1 aromatic heterocycles. The summed E-state index contributed by atoms with van der Waals surface area (Å²) in [5, 5.41) is 6.01. The lowest BCUT2D eigenvalue weighted by atomic mass is 10.0. The van der Waals surface area contributed by atoms with Crippen molar-refractivity contribution in [2.75, 3.05) is 6.54 Å². The number of aromatic nitrogens is 1. The molecule has 0 spiro atoms. The van der Waals surface area contributed by atoms with Crippen LogP contribution in [-0.4, -0.2) is 11.5 Å². The van der Waals surface area contributed by atoms with E-state index in [1.807, 2.05) is 12.4 Å². The predicted molar refractivity (Wildman–Crippen MR) is 68.5 cm³/mol. The zero-order valence-electron chi connectivity index (χ0n) is 9.90. The van der Waals surface area contributed by atoms with E-state index in [0.717, 1.165) is 13.0 Å². The van der Waals surface area contributed by atoms with Gasteiger partial charge in [-0.1, -0.05) is 31.2 Å². The summed E-state index contributed by atoms with van der Waals surface area (Å²) in [5.74, 6) is 0. The Hall–Kier alpha value is -1.41. The van der Waals surface area contributed by atoms with Crippen molar-refractivity contribution in [2.45, 2.75) is 26.3 Å². The fourth-order valence-corrected chi connectivity index (χ4v) is 1.96. The van der Waals surface area contributed by atoms with Gasteiger partial charge in [0, 0.05) is 23.8 Å². The fraction of sp³-hybridized carbons (Fsp3) is 0.357. The first kappa shape index (κ1) is 11.1. The van der Waals surface area contributed by atoms with Gasteiger partial charge >= 0.3 is 0 Å². The smallest absolute Gasteiger partial charge is 0.0346 e. The van der Waals surface area contributed by atoms with Gasteiger partial charge in [0.1, 0.15) is 0 Å². The number of rotatable bonds is 4. The summed E-state index contributed by atoms with van der Waals surface area (Å²) in [6.07, 6.45) is 5.05. The van der Waals surface area contributed by atoms with Crippen LogP contribution in [0.15, 0.2) is 36.7 Å². The number of nitrogens with one attached hydrogen (secondary N) is 1. The molecule has 1 unspecified atom stereocenters. The maximum absolute atomic E-state index is 4.30. The molecular formula is C14H18N2. The first-order valence-electron chi connectivity index (χ1n) is 5.89. The minimum absolute atomic E-state index is 0.360. The molecule has 0 amide bonds. The lowest BCUT2D eigenvalue weighted by Gasteiger charge is -2.15. The standard InChI is InChI=1S/C14H18N2/c1-3-8-16-11(2)14-10-15-9-12-6-4-5-7-13(12)14/h4-7,9-11,16H,3,8H2,1-2H3. The Morgan fingerprint density at radius 2 is 2.06 bits per heavy atom. The first-order chi connectivity index (χ1) is 7.83. The maximum Gasteiger partial charge on any atom is 0.0346 e. The van der Waals surface area contributed by atoms with Crippen molar-refractivity contribution < 1.29 is 0 Å². The molecule has 2 aromatic rings. The van der Waals surface area contributed by atoms with Crippen molar-refractivity contribution in [3.8, 4) is 0 Å². The third kappa shape index (κ3) is 2.22. The number of fused-ring (bicyclic) bond motifs is 1. The molecule has 0 aliphatic rings. The minimum Gasteiger partial charge on any atom is -0.310 e. The molecule has 0 fully saturated rings. The van der Waals surface area contributed by atoms with E-state index in [-0.39, 0.29) is 0 Å². The van der Waals surface area contributed by atoms with Gasteiger partial charge < -0.3 is 5.32 Å². The zero-order valence-corrected chi connectivity index (χ0v) is 9.90. The Morgan fingerprint density at radius 1 is 1.25 bits per heavy atom. The molecule has 0 saturated heterocycles. The highest BCUT2D eigenvalue weighted by atomic mass is 14.9. The quantitative estimate of drug-likeness (QED) is 0.844. The highest BCUT2D eigenvalue weighted by Gasteiger charge is 2.08. The van der Waals surface area contributed by atoms with Gasteiger partial charge in [0.25, 0.3) is 0 Å². The predicted octanol–water partition coefficient (Wildman–Crippen LogP) is 3.30. The van der Waals surface area contributed by atoms with Gasteiger partial charge in [0.2, 0.25) is 0 Å². The Bertz CT molecular complexity index is 460. The average Bonchev–Trinajstić information content (AvgIpc) is 2.35. The highest BCUT2D eigenvalue weighted by molar-refractivity contribution is 5.84. The molecule has 2 heteroatoms. The van der Waals surface area contributed by atoms with E-state index in [1.165, 1.54) is 16.3 Å². The van der Waals surface area contributed by atoms with E-state index in [2.05, 4.69) is 48.4 Å². The van der Waals surface area contributed by atoms with Gasteiger partial charge in [-0.2, -0.15) is 0 Å². The summed E-state index contributed by atoms with van der Waals surface area (Å²) in [7, 11) is 0. The van der Waals surface area contributed by atoms with E-state index >= 15 is 0 Å². The molecule has 1 atom stereocenters. The van der Waals surface area contributed by atoms with Crippen LogP contribution in [0.5, 0.6) is 0 Å². The summed E-state index contributed by atoms with van der Waals surface area (Å²) in [5.41, 5.74) is 1.28. The van der Waals surface area contributed by atoms with Gasteiger partial charge in [-0.15, -0.1) is 0 Å². The second-order valence-corrected chi connectivity index (χ2v) is 4.13. The summed E-state index contributed by atoms with van der Waals surface area (Å²) >= 11 is 0. The maximum atomic E-state index is 4.30. The Labute approximate surface area is 96.7 Å². The second-order valence-electron chi connectivity index (χ2n) is 4.13. The zero-order chi connectivity index (χ0) is 11.4. The molecule has 1 aromatic carbocycles. The molecular weight excluding hydrogens is 196 g/mol. The van der Waals surface area contributed by atoms with Crippen molar-refractivity contribution >= 4 is 10.8 Å². The molecule has 0 saturated carbocycles. The number of nitrogens with zero attached hydrogens (tertiary/aromatic N) is 1. The largest absolute Gasteiger partial charge is 0.310 e. The summed E-state index contributed by atoms with van der Waals surface area (Å²) < 4.78 is 0. The molecule has 2 nitrogen and oxygen atoms in total. The number of benzene rings is 1. The monoisotopic (exact) mass is 214 g/mol. The van der Waals surface area contributed by atoms with Crippen LogP contribution in [0.4, 0.5) is 0 Å². The van der Waals surface area contributed by atoms with E-state index in [4.69, 9.17) is 0 Å². The summed E-state index contributed by atoms with van der Waals surface area (Å²) in [6.45, 7) is 5.42. The van der Waals surface area contributed by atoms with Gasteiger partial charge in [-0.25, -0.2) is 0 Å². The lowest BCUT2D eigenvalue weighted by Crippen LogP contribution is -2.19. The van der Waals surface area contributed by atoms with Gasteiger partial charge in [0.15, 0.2) is 0 Å². The molecule has 0 bridgehead atoms. The molecule has 1 heterocycles. The van der Waals surface area contributed by atoms with E-state index in [9.17, 15) is 0 Å². The van der Waals surface area contributed by atoms with E-state index in [1.54, 1.807) is 0 Å². The van der Waals surface area contributed by atoms with Crippen LogP contribution >= 0.6 is 0 Å². The SMILES string of the molecule is CCCNC(C)c1cncc2ccccc12. The normalized spacial score (nSPS) is 12.9. The lowest BCUT2D eigenvalue weighted by molar-refractivity contribution is 0.572. The van der Waals surface area contributed by atoms with E-state index in [0.29, 0.717) is 6.04 Å². The average molecular weight is 214 g/mol.